The molecule has 0 aromatic heterocycles. The van der Waals surface area contributed by atoms with E-state index in [4.69, 9.17) is 4.74 Å². The molecule has 0 radical (unpaired) electrons. The van der Waals surface area contributed by atoms with Crippen molar-refractivity contribution in [2.45, 2.75) is 46.1 Å². The summed E-state index contributed by atoms with van der Waals surface area (Å²) < 4.78 is 4.84. The Balaban J connectivity index is 2.37. The third kappa shape index (κ3) is 5.43. The van der Waals surface area contributed by atoms with Gasteiger partial charge in [0.1, 0.15) is 6.61 Å². The second kappa shape index (κ2) is 7.29. The van der Waals surface area contributed by atoms with Crippen molar-refractivity contribution < 1.29 is 14.6 Å². The van der Waals surface area contributed by atoms with E-state index < -0.39 is 6.10 Å². The molecule has 0 aromatic rings. The third-order valence-corrected chi connectivity index (χ3v) is 3.60. The van der Waals surface area contributed by atoms with Gasteiger partial charge in [-0.2, -0.15) is 0 Å². The monoisotopic (exact) mass is 264 g/mol. The zero-order valence-corrected chi connectivity index (χ0v) is 12.1. The highest BCUT2D eigenvalue weighted by Crippen LogP contribution is 2.19. The van der Waals surface area contributed by atoms with Gasteiger partial charge in [0.05, 0.1) is 6.10 Å². The topological polar surface area (TPSA) is 46.5 Å². The molecule has 1 rings (SSSR count). The molecule has 0 fully saturated rings. The van der Waals surface area contributed by atoms with E-state index >= 15 is 0 Å². The van der Waals surface area contributed by atoms with Gasteiger partial charge in [0, 0.05) is 6.08 Å². The number of hydrogen-bond acceptors (Lipinski definition) is 3. The minimum absolute atomic E-state index is 0.244. The van der Waals surface area contributed by atoms with Gasteiger partial charge in [-0.05, 0) is 50.2 Å². The summed E-state index contributed by atoms with van der Waals surface area (Å²) in [5, 5.41) is 10.1. The molecular formula is C16H24O3. The molecule has 0 saturated carbocycles. The molecule has 1 N–H and O–H groups in total. The molecule has 3 heteroatoms. The molecule has 19 heavy (non-hydrogen) atoms. The molecule has 0 saturated heterocycles. The van der Waals surface area contributed by atoms with Crippen molar-refractivity contribution in [1.29, 1.82) is 0 Å². The zero-order valence-electron chi connectivity index (χ0n) is 12.1. The van der Waals surface area contributed by atoms with E-state index in [1.54, 1.807) is 6.08 Å². The van der Waals surface area contributed by atoms with Crippen LogP contribution in [0.4, 0.5) is 0 Å². The van der Waals surface area contributed by atoms with E-state index in [-0.39, 0.29) is 5.97 Å². The van der Waals surface area contributed by atoms with Crippen molar-refractivity contribution in [3.63, 3.8) is 0 Å². The first-order valence-corrected chi connectivity index (χ1v) is 6.76. The Labute approximate surface area is 115 Å². The van der Waals surface area contributed by atoms with Crippen molar-refractivity contribution in [1.82, 2.24) is 0 Å². The summed E-state index contributed by atoms with van der Waals surface area (Å²) in [6.07, 6.45) is 5.53. The predicted octanol–water partition coefficient (Wildman–Crippen LogP) is 3.16. The first kappa shape index (κ1) is 15.7. The molecule has 0 spiro atoms. The lowest BCUT2D eigenvalue weighted by atomic mass is 9.93. The molecule has 0 bridgehead atoms. The van der Waals surface area contributed by atoms with Crippen LogP contribution < -0.4 is 0 Å². The maximum absolute atomic E-state index is 10.9. The van der Waals surface area contributed by atoms with Crippen LogP contribution in [0.1, 0.15) is 40.0 Å². The van der Waals surface area contributed by atoms with Gasteiger partial charge in [-0.3, -0.25) is 0 Å². The predicted molar refractivity (Wildman–Crippen MR) is 76.6 cm³/mol. The Kier molecular flexibility index (Phi) is 6.03. The summed E-state index contributed by atoms with van der Waals surface area (Å²) in [6.45, 7) is 10.3. The second-order valence-corrected chi connectivity index (χ2v) is 5.40. The van der Waals surface area contributed by atoms with Gasteiger partial charge in [0.25, 0.3) is 0 Å². The molecular weight excluding hydrogens is 240 g/mol. The zero-order chi connectivity index (χ0) is 14.4. The highest BCUT2D eigenvalue weighted by atomic mass is 16.5. The van der Waals surface area contributed by atoms with Crippen molar-refractivity contribution in [3.05, 3.63) is 35.5 Å². The number of esters is 1. The maximum Gasteiger partial charge on any atom is 0.331 e. The summed E-state index contributed by atoms with van der Waals surface area (Å²) in [5.74, 6) is 0.0768. The quantitative estimate of drug-likeness (QED) is 0.567. The first-order chi connectivity index (χ1) is 8.90. The second-order valence-electron chi connectivity index (χ2n) is 5.40. The fourth-order valence-electron chi connectivity index (χ4n) is 1.90. The van der Waals surface area contributed by atoms with Gasteiger partial charge in [0.15, 0.2) is 0 Å². The van der Waals surface area contributed by atoms with E-state index in [9.17, 15) is 9.90 Å². The number of cyclic esters (lactones) is 1. The van der Waals surface area contributed by atoms with Gasteiger partial charge < -0.3 is 9.84 Å². The average Bonchev–Trinajstić information content (AvgIpc) is 2.74. The van der Waals surface area contributed by atoms with Crippen LogP contribution in [-0.4, -0.2) is 23.8 Å². The summed E-state index contributed by atoms with van der Waals surface area (Å²) in [6, 6.07) is 0. The van der Waals surface area contributed by atoms with Crippen molar-refractivity contribution in [3.8, 4) is 0 Å². The van der Waals surface area contributed by atoms with E-state index in [2.05, 4.69) is 13.5 Å². The van der Waals surface area contributed by atoms with Crippen LogP contribution in [0.25, 0.3) is 0 Å². The number of rotatable bonds is 7. The van der Waals surface area contributed by atoms with Crippen LogP contribution in [0.5, 0.6) is 0 Å². The third-order valence-electron chi connectivity index (χ3n) is 3.60. The van der Waals surface area contributed by atoms with Crippen LogP contribution in [0.2, 0.25) is 0 Å². The molecule has 1 aliphatic heterocycles. The molecule has 0 amide bonds. The molecule has 2 atom stereocenters. The molecule has 3 nitrogen and oxygen atoms in total. The Hall–Kier alpha value is -1.35. The number of aliphatic hydroxyl groups excluding tert-OH is 1. The van der Waals surface area contributed by atoms with Gasteiger partial charge in [-0.25, -0.2) is 4.79 Å². The number of allylic oxidation sites excluding steroid dienone is 2. The molecule has 1 aliphatic rings. The smallest absolute Gasteiger partial charge is 0.331 e. The SMILES string of the molecule is C=C(C)[C@@H](C)C[C@@H](O)/C(C)=C/CCC1=CC(=O)OC1. The van der Waals surface area contributed by atoms with Crippen LogP contribution in [0.3, 0.4) is 0 Å². The minimum Gasteiger partial charge on any atom is -0.458 e. The van der Waals surface area contributed by atoms with Crippen LogP contribution in [-0.2, 0) is 9.53 Å². The maximum atomic E-state index is 10.9. The van der Waals surface area contributed by atoms with Crippen molar-refractivity contribution in [2.24, 2.45) is 5.92 Å². The van der Waals surface area contributed by atoms with Crippen molar-refractivity contribution in [2.75, 3.05) is 6.61 Å². The molecule has 106 valence electrons. The van der Waals surface area contributed by atoms with Gasteiger partial charge in [-0.1, -0.05) is 25.2 Å². The first-order valence-electron chi connectivity index (χ1n) is 6.76. The lowest BCUT2D eigenvalue weighted by Gasteiger charge is -2.17. The van der Waals surface area contributed by atoms with E-state index in [1.807, 2.05) is 19.9 Å². The Morgan fingerprint density at radius 3 is 2.79 bits per heavy atom. The van der Waals surface area contributed by atoms with E-state index in [0.29, 0.717) is 18.9 Å². The van der Waals surface area contributed by atoms with Crippen LogP contribution in [0, 0.1) is 5.92 Å². The van der Waals surface area contributed by atoms with Crippen LogP contribution >= 0.6 is 0 Å². The fourth-order valence-corrected chi connectivity index (χ4v) is 1.90. The Bertz CT molecular complexity index is 404. The van der Waals surface area contributed by atoms with Crippen molar-refractivity contribution >= 4 is 5.97 Å². The lowest BCUT2D eigenvalue weighted by molar-refractivity contribution is -0.134. The number of hydrogen-bond donors (Lipinski definition) is 1. The summed E-state index contributed by atoms with van der Waals surface area (Å²) >= 11 is 0. The number of carbonyl (C=O) groups excluding carboxylic acids is 1. The van der Waals surface area contributed by atoms with Crippen LogP contribution in [0.15, 0.2) is 35.5 Å². The highest BCUT2D eigenvalue weighted by Gasteiger charge is 2.13. The summed E-state index contributed by atoms with van der Waals surface area (Å²) in [4.78, 5) is 10.9. The van der Waals surface area contributed by atoms with E-state index in [1.165, 1.54) is 0 Å². The average molecular weight is 264 g/mol. The lowest BCUT2D eigenvalue weighted by Crippen LogP contribution is -2.13. The van der Waals surface area contributed by atoms with Gasteiger partial charge in [-0.15, -0.1) is 0 Å². The molecule has 0 unspecified atom stereocenters. The van der Waals surface area contributed by atoms with Gasteiger partial charge in [0.2, 0.25) is 0 Å². The largest absolute Gasteiger partial charge is 0.458 e. The fraction of sp³-hybridized carbons (Fsp3) is 0.562. The molecule has 1 heterocycles. The number of carbonyl (C=O) groups is 1. The Morgan fingerprint density at radius 1 is 1.58 bits per heavy atom. The molecule has 0 aromatic carbocycles. The summed E-state index contributed by atoms with van der Waals surface area (Å²) in [5.41, 5.74) is 3.11. The number of aliphatic hydroxyl groups is 1. The van der Waals surface area contributed by atoms with Gasteiger partial charge >= 0.3 is 5.97 Å². The normalized spacial score (nSPS) is 18.8. The van der Waals surface area contributed by atoms with E-state index in [0.717, 1.165) is 29.6 Å². The molecule has 0 aliphatic carbocycles. The minimum atomic E-state index is -0.415. The standard InChI is InChI=1S/C16H24O3/c1-11(2)13(4)8-15(17)12(3)6-5-7-14-9-16(18)19-10-14/h6,9,13,15,17H,1,5,7-8,10H2,2-4H3/b12-6+/t13-,15+/m0/s1. The Morgan fingerprint density at radius 2 is 2.26 bits per heavy atom. The summed E-state index contributed by atoms with van der Waals surface area (Å²) in [7, 11) is 0. The number of ether oxygens (including phenoxy) is 1. The highest BCUT2D eigenvalue weighted by molar-refractivity contribution is 5.85.